The van der Waals surface area contributed by atoms with Crippen molar-refractivity contribution in [3.8, 4) is 0 Å². The summed E-state index contributed by atoms with van der Waals surface area (Å²) in [4.78, 5) is 0. The van der Waals surface area contributed by atoms with Crippen LogP contribution in [-0.4, -0.2) is 59.4 Å². The number of rotatable bonds is 1. The van der Waals surface area contributed by atoms with E-state index < -0.39 is 30.4 Å². The van der Waals surface area contributed by atoms with Gasteiger partial charge in [-0.15, -0.1) is 0 Å². The first kappa shape index (κ1) is 9.32. The van der Waals surface area contributed by atoms with Crippen LogP contribution in [0.2, 0.25) is 0 Å². The Balaban J connectivity index is 2.23. The third-order valence-electron chi connectivity index (χ3n) is 2.44. The Hall–Kier alpha value is -0.240. The zero-order valence-electron chi connectivity index (χ0n) is 7.08. The van der Waals surface area contributed by atoms with Gasteiger partial charge >= 0.3 is 0 Å². The molecule has 2 heterocycles. The molecule has 0 aromatic carbocycles. The van der Waals surface area contributed by atoms with E-state index in [1.54, 1.807) is 0 Å². The molecule has 2 bridgehead atoms. The molecule has 2 fully saturated rings. The highest BCUT2D eigenvalue weighted by molar-refractivity contribution is 4.97. The second-order valence-corrected chi connectivity index (χ2v) is 3.28. The Morgan fingerprint density at radius 2 is 2.15 bits per heavy atom. The number of fused-ring (bicyclic) bond motifs is 2. The molecule has 2 rings (SSSR count). The number of hydrogen-bond acceptors (Lipinski definition) is 6. The van der Waals surface area contributed by atoms with Crippen LogP contribution in [0.25, 0.3) is 0 Å². The fourth-order valence-electron chi connectivity index (χ4n) is 1.65. The SMILES string of the molecule is CO[C@H]1[C@H]2OC[C@](O)(O2)[C@H](O)[C@@H]1O. The van der Waals surface area contributed by atoms with Crippen LogP contribution in [0.1, 0.15) is 0 Å². The average Bonchev–Trinajstić information content (AvgIpc) is 2.45. The summed E-state index contributed by atoms with van der Waals surface area (Å²) >= 11 is 0. The van der Waals surface area contributed by atoms with Gasteiger partial charge in [-0.25, -0.2) is 0 Å². The van der Waals surface area contributed by atoms with E-state index in [-0.39, 0.29) is 6.61 Å². The molecule has 2 aliphatic heterocycles. The molecule has 0 aromatic heterocycles. The van der Waals surface area contributed by atoms with Gasteiger partial charge in [-0.2, -0.15) is 0 Å². The van der Waals surface area contributed by atoms with Crippen molar-refractivity contribution in [1.82, 2.24) is 0 Å². The van der Waals surface area contributed by atoms with Crippen LogP contribution >= 0.6 is 0 Å². The zero-order chi connectivity index (χ0) is 9.64. The summed E-state index contributed by atoms with van der Waals surface area (Å²) in [5, 5.41) is 28.5. The lowest BCUT2D eigenvalue weighted by atomic mass is 9.98. The first-order chi connectivity index (χ1) is 6.08. The van der Waals surface area contributed by atoms with Crippen molar-refractivity contribution in [2.45, 2.75) is 30.4 Å². The van der Waals surface area contributed by atoms with Crippen LogP contribution in [0.5, 0.6) is 0 Å². The highest BCUT2D eigenvalue weighted by Gasteiger charge is 2.58. The molecule has 0 aromatic rings. The summed E-state index contributed by atoms with van der Waals surface area (Å²) in [5.41, 5.74) is 0. The van der Waals surface area contributed by atoms with Gasteiger partial charge in [0.1, 0.15) is 24.9 Å². The lowest BCUT2D eigenvalue weighted by molar-refractivity contribution is -0.324. The van der Waals surface area contributed by atoms with Crippen molar-refractivity contribution < 1.29 is 29.5 Å². The normalized spacial score (nSPS) is 55.4. The summed E-state index contributed by atoms with van der Waals surface area (Å²) in [6.45, 7) is -0.157. The molecule has 0 radical (unpaired) electrons. The molecule has 0 aliphatic carbocycles. The standard InChI is InChI=1S/C7H12O6/c1-11-4-3(8)5(9)7(10)2-12-6(4)13-7/h3-6,8-10H,2H2,1H3/t3-,4-,5-,6+,7+/m1/s1. The molecule has 6 heteroatoms. The number of aliphatic hydroxyl groups is 3. The second-order valence-electron chi connectivity index (χ2n) is 3.28. The molecule has 6 nitrogen and oxygen atoms in total. The van der Waals surface area contributed by atoms with Crippen LogP contribution in [0.15, 0.2) is 0 Å². The quantitative estimate of drug-likeness (QED) is 0.437. The summed E-state index contributed by atoms with van der Waals surface area (Å²) in [5.74, 6) is -1.79. The Kier molecular flexibility index (Phi) is 2.06. The molecule has 0 spiro atoms. The van der Waals surface area contributed by atoms with E-state index in [9.17, 15) is 15.3 Å². The fourth-order valence-corrected chi connectivity index (χ4v) is 1.65. The Bertz CT molecular complexity index is 207. The number of hydrogen-bond donors (Lipinski definition) is 3. The molecule has 2 saturated heterocycles. The maximum Gasteiger partial charge on any atom is 0.221 e. The van der Waals surface area contributed by atoms with Gasteiger partial charge in [0, 0.05) is 7.11 Å². The van der Waals surface area contributed by atoms with E-state index >= 15 is 0 Å². The molecule has 0 unspecified atom stereocenters. The van der Waals surface area contributed by atoms with Gasteiger partial charge in [0.15, 0.2) is 6.29 Å². The average molecular weight is 192 g/mol. The Labute approximate surface area is 74.6 Å². The summed E-state index contributed by atoms with van der Waals surface area (Å²) in [7, 11) is 1.37. The van der Waals surface area contributed by atoms with Gasteiger partial charge in [-0.05, 0) is 0 Å². The highest BCUT2D eigenvalue weighted by atomic mass is 16.8. The number of aliphatic hydroxyl groups excluding tert-OH is 2. The molecular weight excluding hydrogens is 180 g/mol. The van der Waals surface area contributed by atoms with E-state index in [1.807, 2.05) is 0 Å². The summed E-state index contributed by atoms with van der Waals surface area (Å²) in [6, 6.07) is 0. The van der Waals surface area contributed by atoms with Gasteiger partial charge in [0.2, 0.25) is 5.79 Å². The molecular formula is C7H12O6. The van der Waals surface area contributed by atoms with Crippen molar-refractivity contribution >= 4 is 0 Å². The van der Waals surface area contributed by atoms with E-state index in [0.29, 0.717) is 0 Å². The minimum Gasteiger partial charge on any atom is -0.387 e. The lowest BCUT2D eigenvalue weighted by Crippen LogP contribution is -2.61. The van der Waals surface area contributed by atoms with Gasteiger partial charge in [-0.3, -0.25) is 0 Å². The molecule has 2 aliphatic rings. The van der Waals surface area contributed by atoms with Gasteiger partial charge in [0.25, 0.3) is 0 Å². The van der Waals surface area contributed by atoms with Crippen LogP contribution in [0, 0.1) is 0 Å². The van der Waals surface area contributed by atoms with E-state index in [4.69, 9.17) is 14.2 Å². The Morgan fingerprint density at radius 3 is 2.77 bits per heavy atom. The summed E-state index contributed by atoms with van der Waals surface area (Å²) < 4.78 is 14.9. The minimum atomic E-state index is -1.79. The monoisotopic (exact) mass is 192 g/mol. The summed E-state index contributed by atoms with van der Waals surface area (Å²) in [6.07, 6.45) is -4.18. The number of ether oxygens (including phenoxy) is 3. The van der Waals surface area contributed by atoms with E-state index in [0.717, 1.165) is 0 Å². The van der Waals surface area contributed by atoms with Gasteiger partial charge in [-0.1, -0.05) is 0 Å². The molecule has 0 amide bonds. The first-order valence-corrected chi connectivity index (χ1v) is 3.99. The molecule has 13 heavy (non-hydrogen) atoms. The second kappa shape index (κ2) is 2.88. The topological polar surface area (TPSA) is 88.4 Å². The zero-order valence-corrected chi connectivity index (χ0v) is 7.08. The highest BCUT2D eigenvalue weighted by Crippen LogP contribution is 2.35. The maximum absolute atomic E-state index is 9.56. The van der Waals surface area contributed by atoms with Crippen LogP contribution < -0.4 is 0 Å². The molecule has 3 N–H and O–H groups in total. The molecule has 0 saturated carbocycles. The minimum absolute atomic E-state index is 0.157. The lowest BCUT2D eigenvalue weighted by Gasteiger charge is -2.38. The Morgan fingerprint density at radius 1 is 1.46 bits per heavy atom. The largest absolute Gasteiger partial charge is 0.387 e. The van der Waals surface area contributed by atoms with Gasteiger partial charge in [0.05, 0.1) is 0 Å². The number of methoxy groups -OCH3 is 1. The van der Waals surface area contributed by atoms with Crippen molar-refractivity contribution in [2.24, 2.45) is 0 Å². The van der Waals surface area contributed by atoms with Crippen LogP contribution in [0.4, 0.5) is 0 Å². The predicted molar refractivity (Wildman–Crippen MR) is 38.6 cm³/mol. The van der Waals surface area contributed by atoms with Crippen LogP contribution in [0.3, 0.4) is 0 Å². The molecule has 76 valence electrons. The van der Waals surface area contributed by atoms with Crippen molar-refractivity contribution in [2.75, 3.05) is 13.7 Å². The first-order valence-electron chi connectivity index (χ1n) is 3.99. The molecule has 5 atom stereocenters. The van der Waals surface area contributed by atoms with Crippen molar-refractivity contribution in [3.05, 3.63) is 0 Å². The fraction of sp³-hybridized carbons (Fsp3) is 1.00. The third-order valence-corrected chi connectivity index (χ3v) is 2.44. The van der Waals surface area contributed by atoms with Crippen molar-refractivity contribution in [3.63, 3.8) is 0 Å². The van der Waals surface area contributed by atoms with Gasteiger partial charge < -0.3 is 29.5 Å². The predicted octanol–water partition coefficient (Wildman–Crippen LogP) is -2.20. The van der Waals surface area contributed by atoms with E-state index in [2.05, 4.69) is 0 Å². The van der Waals surface area contributed by atoms with Crippen molar-refractivity contribution in [1.29, 1.82) is 0 Å². The third kappa shape index (κ3) is 1.18. The van der Waals surface area contributed by atoms with Crippen LogP contribution in [-0.2, 0) is 14.2 Å². The maximum atomic E-state index is 9.56. The van der Waals surface area contributed by atoms with E-state index in [1.165, 1.54) is 7.11 Å². The smallest absolute Gasteiger partial charge is 0.221 e.